The topological polar surface area (TPSA) is 106 Å². The van der Waals surface area contributed by atoms with Gasteiger partial charge in [0.1, 0.15) is 11.4 Å². The lowest BCUT2D eigenvalue weighted by Gasteiger charge is -2.39. The van der Waals surface area contributed by atoms with Gasteiger partial charge >= 0.3 is 0 Å². The van der Waals surface area contributed by atoms with Crippen LogP contribution in [-0.4, -0.2) is 53.6 Å². The summed E-state index contributed by atoms with van der Waals surface area (Å²) < 4.78 is 11.4. The minimum Gasteiger partial charge on any atom is -0.487 e. The van der Waals surface area contributed by atoms with Crippen molar-refractivity contribution >= 4 is 29.4 Å². The molecule has 0 radical (unpaired) electrons. The molecule has 0 saturated heterocycles. The minimum atomic E-state index is -0.522. The molecule has 3 N–H and O–H groups in total. The number of fused-ring (bicyclic) bond motifs is 1. The zero-order chi connectivity index (χ0) is 24.8. The van der Waals surface area contributed by atoms with Gasteiger partial charge in [-0.05, 0) is 58.6 Å². The molecule has 4 atom stereocenters. The predicted molar refractivity (Wildman–Crippen MR) is 131 cm³/mol. The first kappa shape index (κ1) is 24.8. The molecule has 0 spiro atoms. The Kier molecular flexibility index (Phi) is 6.59. The Morgan fingerprint density at radius 3 is 2.79 bits per heavy atom. The largest absolute Gasteiger partial charge is 0.487 e. The van der Waals surface area contributed by atoms with Crippen LogP contribution in [0.1, 0.15) is 65.0 Å². The number of benzene rings is 1. The number of methoxy groups -OCH3 is 1. The fraction of sp³-hybridized carbons (Fsp3) is 0.640. The summed E-state index contributed by atoms with van der Waals surface area (Å²) in [5, 5.41) is 3.79. The molecule has 2 amide bonds. The van der Waals surface area contributed by atoms with Crippen LogP contribution in [0.5, 0.6) is 5.75 Å². The number of nitrogens with two attached hydrogens (primary N) is 1. The van der Waals surface area contributed by atoms with Gasteiger partial charge in [0, 0.05) is 42.7 Å². The maximum atomic E-state index is 13.4. The highest BCUT2D eigenvalue weighted by Gasteiger charge is 2.52. The van der Waals surface area contributed by atoms with E-state index < -0.39 is 11.1 Å². The van der Waals surface area contributed by atoms with E-state index >= 15 is 0 Å². The molecule has 1 aromatic carbocycles. The van der Waals surface area contributed by atoms with E-state index in [2.05, 4.69) is 10.3 Å². The number of nitrogens with one attached hydrogen (secondary N) is 1. The second-order valence-corrected chi connectivity index (χ2v) is 11.3. The number of aliphatic imine (C=N–C) groups is 1. The maximum absolute atomic E-state index is 13.4. The summed E-state index contributed by atoms with van der Waals surface area (Å²) in [6, 6.07) is 5.07. The number of guanidine groups is 1. The monoisotopic (exact) mass is 490 g/mol. The van der Waals surface area contributed by atoms with Crippen LogP contribution in [0.4, 0.5) is 0 Å². The van der Waals surface area contributed by atoms with E-state index in [-0.39, 0.29) is 48.1 Å². The van der Waals surface area contributed by atoms with Gasteiger partial charge in [-0.1, -0.05) is 17.7 Å². The SMILES string of the molecule is COCCC(C1CC1C(=O)N[C@H]1CC(C)(C)Oc2cccc(Cl)c21)N1C(=O)CC(C)(C)N=C1N. The van der Waals surface area contributed by atoms with Crippen LogP contribution in [0, 0.1) is 11.8 Å². The van der Waals surface area contributed by atoms with E-state index in [4.69, 9.17) is 26.8 Å². The summed E-state index contributed by atoms with van der Waals surface area (Å²) in [4.78, 5) is 32.5. The van der Waals surface area contributed by atoms with E-state index in [9.17, 15) is 9.59 Å². The number of carbonyl (C=O) groups is 2. The number of nitrogens with zero attached hydrogens (tertiary/aromatic N) is 2. The quantitative estimate of drug-likeness (QED) is 0.609. The maximum Gasteiger partial charge on any atom is 0.231 e. The standard InChI is InChI=1S/C25H35ClN4O4/c1-24(2)13-20(31)30(23(27)29-24)18(9-10-33-5)14-11-15(14)22(32)28-17-12-25(3,4)34-19-8-6-7-16(26)21(17)19/h6-8,14-15,17-18H,9-13H2,1-5H3,(H2,27,29)(H,28,32)/t14?,15?,17-,18?/m0/s1. The minimum absolute atomic E-state index is 0.00683. The van der Waals surface area contributed by atoms with Gasteiger partial charge in [0.2, 0.25) is 11.8 Å². The lowest BCUT2D eigenvalue weighted by molar-refractivity contribution is -0.132. The summed E-state index contributed by atoms with van der Waals surface area (Å²) in [5.74, 6) is 0.602. The van der Waals surface area contributed by atoms with Crippen LogP contribution in [0.3, 0.4) is 0 Å². The van der Waals surface area contributed by atoms with Crippen molar-refractivity contribution in [2.75, 3.05) is 13.7 Å². The molecule has 34 heavy (non-hydrogen) atoms. The fourth-order valence-electron chi connectivity index (χ4n) is 5.34. The molecule has 2 heterocycles. The molecule has 3 aliphatic rings. The molecule has 1 aromatic rings. The third kappa shape index (κ3) is 5.03. The predicted octanol–water partition coefficient (Wildman–Crippen LogP) is 3.43. The molecule has 9 heteroatoms. The van der Waals surface area contributed by atoms with Crippen molar-refractivity contribution in [1.29, 1.82) is 0 Å². The summed E-state index contributed by atoms with van der Waals surface area (Å²) in [6.45, 7) is 8.26. The van der Waals surface area contributed by atoms with Crippen molar-refractivity contribution in [1.82, 2.24) is 10.2 Å². The van der Waals surface area contributed by atoms with Gasteiger partial charge in [-0.15, -0.1) is 0 Å². The molecule has 0 aromatic heterocycles. The smallest absolute Gasteiger partial charge is 0.231 e. The van der Waals surface area contributed by atoms with Crippen molar-refractivity contribution < 1.29 is 19.1 Å². The summed E-state index contributed by atoms with van der Waals surface area (Å²) in [7, 11) is 1.63. The summed E-state index contributed by atoms with van der Waals surface area (Å²) in [5.41, 5.74) is 6.10. The zero-order valence-electron chi connectivity index (χ0n) is 20.6. The van der Waals surface area contributed by atoms with E-state index in [0.29, 0.717) is 36.6 Å². The highest BCUT2D eigenvalue weighted by atomic mass is 35.5. The highest BCUT2D eigenvalue weighted by molar-refractivity contribution is 6.31. The summed E-state index contributed by atoms with van der Waals surface area (Å²) in [6.07, 6.45) is 2.17. The van der Waals surface area contributed by atoms with E-state index in [1.54, 1.807) is 12.0 Å². The number of halogens is 1. The van der Waals surface area contributed by atoms with Crippen molar-refractivity contribution in [3.63, 3.8) is 0 Å². The van der Waals surface area contributed by atoms with Gasteiger partial charge in [0.25, 0.3) is 0 Å². The first-order valence-corrected chi connectivity index (χ1v) is 12.2. The van der Waals surface area contributed by atoms with Crippen LogP contribution < -0.4 is 15.8 Å². The van der Waals surface area contributed by atoms with Crippen LogP contribution in [0.2, 0.25) is 5.02 Å². The Bertz CT molecular complexity index is 1010. The molecule has 186 valence electrons. The molecule has 1 saturated carbocycles. The average molecular weight is 491 g/mol. The van der Waals surface area contributed by atoms with Gasteiger partial charge in [0.15, 0.2) is 5.96 Å². The average Bonchev–Trinajstić information content (AvgIpc) is 3.48. The lowest BCUT2D eigenvalue weighted by atomic mass is 9.89. The first-order valence-electron chi connectivity index (χ1n) is 11.9. The molecular weight excluding hydrogens is 456 g/mol. The number of rotatable bonds is 7. The second kappa shape index (κ2) is 9.04. The van der Waals surface area contributed by atoms with Gasteiger partial charge in [-0.3, -0.25) is 14.5 Å². The summed E-state index contributed by atoms with van der Waals surface area (Å²) >= 11 is 6.49. The molecule has 3 unspecified atom stereocenters. The van der Waals surface area contributed by atoms with Crippen molar-refractivity contribution in [2.45, 2.75) is 76.6 Å². The van der Waals surface area contributed by atoms with Crippen LogP contribution >= 0.6 is 11.6 Å². The number of hydrogen-bond acceptors (Lipinski definition) is 6. The second-order valence-electron chi connectivity index (χ2n) is 10.9. The van der Waals surface area contributed by atoms with Crippen molar-refractivity contribution in [3.05, 3.63) is 28.8 Å². The third-order valence-corrected chi connectivity index (χ3v) is 7.23. The van der Waals surface area contributed by atoms with Gasteiger partial charge < -0.3 is 20.5 Å². The van der Waals surface area contributed by atoms with Crippen molar-refractivity contribution in [2.24, 2.45) is 22.6 Å². The van der Waals surface area contributed by atoms with Gasteiger partial charge in [-0.25, -0.2) is 4.99 Å². The number of hydrogen-bond donors (Lipinski definition) is 2. The van der Waals surface area contributed by atoms with Crippen LogP contribution in [0.25, 0.3) is 0 Å². The fourth-order valence-corrected chi connectivity index (χ4v) is 5.63. The molecular formula is C25H35ClN4O4. The first-order chi connectivity index (χ1) is 15.9. The highest BCUT2D eigenvalue weighted by Crippen LogP contribution is 2.47. The van der Waals surface area contributed by atoms with Gasteiger partial charge in [0.05, 0.1) is 18.0 Å². The number of amides is 2. The Morgan fingerprint density at radius 1 is 1.38 bits per heavy atom. The number of ether oxygens (including phenoxy) is 2. The zero-order valence-corrected chi connectivity index (χ0v) is 21.3. The lowest BCUT2D eigenvalue weighted by Crippen LogP contribution is -2.55. The normalized spacial score (nSPS) is 27.8. The van der Waals surface area contributed by atoms with Crippen LogP contribution in [-0.2, 0) is 14.3 Å². The van der Waals surface area contributed by atoms with Crippen molar-refractivity contribution in [3.8, 4) is 5.75 Å². The third-order valence-electron chi connectivity index (χ3n) is 6.90. The number of carbonyl (C=O) groups excluding carboxylic acids is 2. The Labute approximate surface area is 206 Å². The van der Waals surface area contributed by atoms with Gasteiger partial charge in [-0.2, -0.15) is 0 Å². The van der Waals surface area contributed by atoms with E-state index in [0.717, 1.165) is 5.56 Å². The molecule has 0 bridgehead atoms. The van der Waals surface area contributed by atoms with Crippen LogP contribution in [0.15, 0.2) is 23.2 Å². The Morgan fingerprint density at radius 2 is 2.12 bits per heavy atom. The molecule has 4 rings (SSSR count). The molecule has 8 nitrogen and oxygen atoms in total. The molecule has 1 aliphatic carbocycles. The Balaban J connectivity index is 1.51. The van der Waals surface area contributed by atoms with E-state index in [1.807, 2.05) is 45.9 Å². The Hall–Kier alpha value is -2.32. The van der Waals surface area contributed by atoms with E-state index in [1.165, 1.54) is 0 Å². The molecule has 1 fully saturated rings. The molecule has 2 aliphatic heterocycles.